The molecular weight excluding hydrogens is 428 g/mol. The molecule has 0 saturated heterocycles. The molecule has 0 radical (unpaired) electrons. The molecule has 0 bridgehead atoms. The SMILES string of the molecule is Cc1nc(-c2cccc(NC(=O)Cn3nc(-c4ccc5c(c4)OCO5)ccc3=O)c2)cs1. The van der Waals surface area contributed by atoms with Gasteiger partial charge in [0.25, 0.3) is 5.56 Å². The average molecular weight is 446 g/mol. The first-order valence-corrected chi connectivity index (χ1v) is 10.7. The van der Waals surface area contributed by atoms with E-state index in [4.69, 9.17) is 9.47 Å². The number of carbonyl (C=O) groups is 1. The van der Waals surface area contributed by atoms with E-state index in [9.17, 15) is 9.59 Å². The highest BCUT2D eigenvalue weighted by molar-refractivity contribution is 7.09. The van der Waals surface area contributed by atoms with Gasteiger partial charge < -0.3 is 14.8 Å². The zero-order valence-electron chi connectivity index (χ0n) is 17.1. The van der Waals surface area contributed by atoms with Gasteiger partial charge in [-0.2, -0.15) is 5.10 Å². The molecule has 0 aliphatic carbocycles. The molecule has 0 fully saturated rings. The van der Waals surface area contributed by atoms with E-state index >= 15 is 0 Å². The van der Waals surface area contributed by atoms with Crippen LogP contribution in [-0.4, -0.2) is 27.5 Å². The molecule has 0 atom stereocenters. The van der Waals surface area contributed by atoms with Gasteiger partial charge in [-0.3, -0.25) is 9.59 Å². The van der Waals surface area contributed by atoms with Gasteiger partial charge in [-0.1, -0.05) is 12.1 Å². The van der Waals surface area contributed by atoms with Gasteiger partial charge in [0.05, 0.1) is 16.4 Å². The van der Waals surface area contributed by atoms with Crippen LogP contribution in [0.15, 0.2) is 64.8 Å². The standard InChI is InChI=1S/C23H18N4O4S/c1-14-24-19(12-32-14)15-3-2-4-17(9-15)25-22(28)11-27-23(29)8-6-18(26-27)16-5-7-20-21(10-16)31-13-30-20/h2-10,12H,11,13H2,1H3,(H,25,28). The average Bonchev–Trinajstić information content (AvgIpc) is 3.44. The number of hydrogen-bond donors (Lipinski definition) is 1. The van der Waals surface area contributed by atoms with E-state index in [1.165, 1.54) is 6.07 Å². The lowest BCUT2D eigenvalue weighted by molar-refractivity contribution is -0.117. The van der Waals surface area contributed by atoms with Gasteiger partial charge in [0.2, 0.25) is 12.7 Å². The van der Waals surface area contributed by atoms with E-state index in [1.807, 2.05) is 36.6 Å². The molecule has 0 spiro atoms. The summed E-state index contributed by atoms with van der Waals surface area (Å²) in [4.78, 5) is 29.4. The van der Waals surface area contributed by atoms with Crippen molar-refractivity contribution in [2.45, 2.75) is 13.5 Å². The molecule has 1 aliphatic rings. The van der Waals surface area contributed by atoms with Gasteiger partial charge in [0, 0.05) is 28.3 Å². The van der Waals surface area contributed by atoms with Crippen molar-refractivity contribution in [2.24, 2.45) is 0 Å². The van der Waals surface area contributed by atoms with E-state index < -0.39 is 0 Å². The summed E-state index contributed by atoms with van der Waals surface area (Å²) < 4.78 is 11.9. The summed E-state index contributed by atoms with van der Waals surface area (Å²) in [6.45, 7) is 1.91. The summed E-state index contributed by atoms with van der Waals surface area (Å²) in [6.07, 6.45) is 0. The van der Waals surface area contributed by atoms with Gasteiger partial charge in [0.15, 0.2) is 11.5 Å². The van der Waals surface area contributed by atoms with Crippen LogP contribution in [0.3, 0.4) is 0 Å². The van der Waals surface area contributed by atoms with Crippen LogP contribution in [0.25, 0.3) is 22.5 Å². The van der Waals surface area contributed by atoms with Crippen molar-refractivity contribution >= 4 is 22.9 Å². The number of amides is 1. The Hall–Kier alpha value is -3.98. The molecule has 2 aromatic carbocycles. The monoisotopic (exact) mass is 446 g/mol. The number of fused-ring (bicyclic) bond motifs is 1. The minimum atomic E-state index is -0.364. The lowest BCUT2D eigenvalue weighted by Crippen LogP contribution is -2.29. The number of hydrogen-bond acceptors (Lipinski definition) is 7. The van der Waals surface area contributed by atoms with Crippen molar-refractivity contribution < 1.29 is 14.3 Å². The first-order valence-electron chi connectivity index (χ1n) is 9.86. The number of aromatic nitrogens is 3. The molecule has 3 heterocycles. The summed E-state index contributed by atoms with van der Waals surface area (Å²) in [5.74, 6) is 0.931. The van der Waals surface area contributed by atoms with Crippen LogP contribution < -0.4 is 20.3 Å². The fraction of sp³-hybridized carbons (Fsp3) is 0.130. The lowest BCUT2D eigenvalue weighted by Gasteiger charge is -2.09. The predicted molar refractivity (Wildman–Crippen MR) is 121 cm³/mol. The van der Waals surface area contributed by atoms with Crippen LogP contribution in [0.5, 0.6) is 11.5 Å². The Kier molecular flexibility index (Phi) is 5.16. The van der Waals surface area contributed by atoms with Crippen molar-refractivity contribution in [2.75, 3.05) is 12.1 Å². The molecule has 32 heavy (non-hydrogen) atoms. The fourth-order valence-electron chi connectivity index (χ4n) is 3.36. The van der Waals surface area contributed by atoms with Crippen molar-refractivity contribution in [3.05, 3.63) is 75.3 Å². The Bertz CT molecular complexity index is 1380. The highest BCUT2D eigenvalue weighted by atomic mass is 32.1. The van der Waals surface area contributed by atoms with Crippen LogP contribution in [0.4, 0.5) is 5.69 Å². The number of thiazole rings is 1. The van der Waals surface area contributed by atoms with E-state index in [-0.39, 0.29) is 24.8 Å². The summed E-state index contributed by atoms with van der Waals surface area (Å²) in [7, 11) is 0. The smallest absolute Gasteiger partial charge is 0.267 e. The largest absolute Gasteiger partial charge is 0.454 e. The van der Waals surface area contributed by atoms with Crippen LogP contribution in [0.2, 0.25) is 0 Å². The third kappa shape index (κ3) is 4.10. The molecule has 0 saturated carbocycles. The third-order valence-corrected chi connectivity index (χ3v) is 5.66. The summed E-state index contributed by atoms with van der Waals surface area (Å²) in [6, 6.07) is 15.9. The summed E-state index contributed by atoms with van der Waals surface area (Å²) in [5.41, 5.74) is 3.34. The summed E-state index contributed by atoms with van der Waals surface area (Å²) in [5, 5.41) is 10.1. The van der Waals surface area contributed by atoms with Crippen molar-refractivity contribution in [3.8, 4) is 34.0 Å². The fourth-order valence-corrected chi connectivity index (χ4v) is 3.98. The molecule has 4 aromatic rings. The quantitative estimate of drug-likeness (QED) is 0.502. The van der Waals surface area contributed by atoms with Crippen LogP contribution in [0.1, 0.15) is 5.01 Å². The number of nitrogens with zero attached hydrogens (tertiary/aromatic N) is 3. The maximum Gasteiger partial charge on any atom is 0.267 e. The molecule has 2 aromatic heterocycles. The first kappa shape index (κ1) is 20.0. The van der Waals surface area contributed by atoms with E-state index in [2.05, 4.69) is 15.4 Å². The molecule has 1 N–H and O–H groups in total. The number of anilines is 1. The molecule has 1 amide bonds. The predicted octanol–water partition coefficient (Wildman–Crippen LogP) is 3.71. The Labute approximate surface area is 187 Å². The summed E-state index contributed by atoms with van der Waals surface area (Å²) >= 11 is 1.57. The molecular formula is C23H18N4O4S. The number of benzene rings is 2. The normalized spacial score (nSPS) is 12.0. The Morgan fingerprint density at radius 2 is 1.91 bits per heavy atom. The Morgan fingerprint density at radius 3 is 2.75 bits per heavy atom. The van der Waals surface area contributed by atoms with Gasteiger partial charge in [-0.25, -0.2) is 9.67 Å². The molecule has 8 nitrogen and oxygen atoms in total. The topological polar surface area (TPSA) is 95.3 Å². The minimum absolute atomic E-state index is 0.176. The third-order valence-electron chi connectivity index (χ3n) is 4.89. The second-order valence-electron chi connectivity index (χ2n) is 7.16. The molecule has 1 aliphatic heterocycles. The Balaban J connectivity index is 1.34. The first-order chi connectivity index (χ1) is 15.5. The van der Waals surface area contributed by atoms with E-state index in [1.54, 1.807) is 35.6 Å². The van der Waals surface area contributed by atoms with E-state index in [0.29, 0.717) is 22.9 Å². The highest BCUT2D eigenvalue weighted by Gasteiger charge is 2.15. The van der Waals surface area contributed by atoms with E-state index in [0.717, 1.165) is 26.5 Å². The number of carbonyl (C=O) groups excluding carboxylic acids is 1. The minimum Gasteiger partial charge on any atom is -0.454 e. The van der Waals surface area contributed by atoms with Crippen molar-refractivity contribution in [1.29, 1.82) is 0 Å². The van der Waals surface area contributed by atoms with Crippen molar-refractivity contribution in [3.63, 3.8) is 0 Å². The molecule has 0 unspecified atom stereocenters. The number of ether oxygens (including phenoxy) is 2. The zero-order valence-corrected chi connectivity index (χ0v) is 17.9. The van der Waals surface area contributed by atoms with Gasteiger partial charge in [-0.05, 0) is 43.3 Å². The maximum atomic E-state index is 12.6. The second-order valence-corrected chi connectivity index (χ2v) is 8.23. The van der Waals surface area contributed by atoms with Crippen molar-refractivity contribution in [1.82, 2.24) is 14.8 Å². The van der Waals surface area contributed by atoms with Crippen LogP contribution in [0, 0.1) is 6.92 Å². The molecule has 9 heteroatoms. The molecule has 5 rings (SSSR count). The lowest BCUT2D eigenvalue weighted by atomic mass is 10.1. The van der Waals surface area contributed by atoms with Crippen LogP contribution in [-0.2, 0) is 11.3 Å². The number of aryl methyl sites for hydroxylation is 1. The number of nitrogens with one attached hydrogen (secondary N) is 1. The Morgan fingerprint density at radius 1 is 1.06 bits per heavy atom. The van der Waals surface area contributed by atoms with Gasteiger partial charge in [-0.15, -0.1) is 11.3 Å². The second kappa shape index (κ2) is 8.27. The van der Waals surface area contributed by atoms with Gasteiger partial charge in [0.1, 0.15) is 6.54 Å². The maximum absolute atomic E-state index is 12.6. The number of rotatable bonds is 5. The van der Waals surface area contributed by atoms with Crippen LogP contribution >= 0.6 is 11.3 Å². The zero-order chi connectivity index (χ0) is 22.1. The highest BCUT2D eigenvalue weighted by Crippen LogP contribution is 2.35. The molecule has 160 valence electrons. The van der Waals surface area contributed by atoms with Gasteiger partial charge >= 0.3 is 0 Å².